The van der Waals surface area contributed by atoms with Crippen LogP contribution in [0.5, 0.6) is 0 Å². The van der Waals surface area contributed by atoms with Gasteiger partial charge in [-0.05, 0) is 36.6 Å². The molecule has 11 heteroatoms. The number of thiazole rings is 1. The van der Waals surface area contributed by atoms with Crippen molar-refractivity contribution in [2.75, 3.05) is 11.1 Å². The Hall–Kier alpha value is -2.40. The first kappa shape index (κ1) is 26.7. The lowest BCUT2D eigenvalue weighted by atomic mass is 10.00. The molecule has 0 saturated heterocycles. The Labute approximate surface area is 219 Å². The highest BCUT2D eigenvalue weighted by Crippen LogP contribution is 2.46. The van der Waals surface area contributed by atoms with Crippen molar-refractivity contribution in [1.82, 2.24) is 14.9 Å². The number of anilines is 1. The third-order valence-electron chi connectivity index (χ3n) is 6.33. The van der Waals surface area contributed by atoms with Crippen molar-refractivity contribution >= 4 is 43.8 Å². The average molecular weight is 551 g/mol. The summed E-state index contributed by atoms with van der Waals surface area (Å²) in [5, 5.41) is 3.65. The van der Waals surface area contributed by atoms with E-state index in [1.54, 1.807) is 19.1 Å². The van der Waals surface area contributed by atoms with Crippen molar-refractivity contribution < 1.29 is 17.6 Å². The van der Waals surface area contributed by atoms with Crippen LogP contribution in [-0.4, -0.2) is 34.9 Å². The summed E-state index contributed by atoms with van der Waals surface area (Å²) < 4.78 is 38.5. The molecule has 4 rings (SSSR count). The van der Waals surface area contributed by atoms with Crippen molar-refractivity contribution in [2.24, 2.45) is 5.92 Å². The van der Waals surface area contributed by atoms with Gasteiger partial charge in [0.15, 0.2) is 15.0 Å². The van der Waals surface area contributed by atoms with Gasteiger partial charge in [0.25, 0.3) is 0 Å². The zero-order valence-electron chi connectivity index (χ0n) is 20.5. The number of nitrogens with zero attached hydrogens (tertiary/aromatic N) is 3. The molecule has 0 spiro atoms. The SMILES string of the molecule is CCS(=O)(=O)c1ccc(CC(=O)Nc2nc3c(s2)CN([C@@H](C)c2ncc(Cl)cc2F)[C@H]3C(C)C)cc1. The Bertz CT molecular complexity index is 1380. The minimum atomic E-state index is -3.28. The maximum Gasteiger partial charge on any atom is 0.230 e. The second kappa shape index (κ2) is 10.5. The van der Waals surface area contributed by atoms with Crippen molar-refractivity contribution in [2.45, 2.75) is 57.6 Å². The standard InChI is InChI=1S/C25H28ClFN4O3S2/c1-5-36(33,34)18-8-6-16(7-9-18)10-21(32)29-25-30-23-20(35-25)13-31(24(23)14(2)3)15(4)22-19(27)11-17(26)12-28-22/h6-9,11-12,14-15,24H,5,10,13H2,1-4H3,(H,29,30,32)/t15-,24-/m0/s1. The summed E-state index contributed by atoms with van der Waals surface area (Å²) in [6.07, 6.45) is 1.56. The largest absolute Gasteiger partial charge is 0.302 e. The van der Waals surface area contributed by atoms with Crippen LogP contribution < -0.4 is 5.32 Å². The van der Waals surface area contributed by atoms with Crippen LogP contribution in [0.25, 0.3) is 0 Å². The zero-order valence-corrected chi connectivity index (χ0v) is 22.8. The van der Waals surface area contributed by atoms with E-state index in [1.165, 1.54) is 35.7 Å². The van der Waals surface area contributed by atoms with Crippen molar-refractivity contribution in [1.29, 1.82) is 0 Å². The average Bonchev–Trinajstić information content (AvgIpc) is 3.36. The summed E-state index contributed by atoms with van der Waals surface area (Å²) in [6, 6.07) is 7.31. The van der Waals surface area contributed by atoms with E-state index in [-0.39, 0.29) is 46.0 Å². The van der Waals surface area contributed by atoms with Gasteiger partial charge < -0.3 is 5.32 Å². The Kier molecular flexibility index (Phi) is 7.80. The Morgan fingerprint density at radius 2 is 1.97 bits per heavy atom. The van der Waals surface area contributed by atoms with Crippen LogP contribution in [-0.2, 0) is 27.6 Å². The van der Waals surface area contributed by atoms with E-state index in [9.17, 15) is 17.6 Å². The molecule has 0 bridgehead atoms. The molecular weight excluding hydrogens is 523 g/mol. The van der Waals surface area contributed by atoms with Crippen LogP contribution in [0.15, 0.2) is 41.4 Å². The lowest BCUT2D eigenvalue weighted by Crippen LogP contribution is -2.30. The fraction of sp³-hybridized carbons (Fsp3) is 0.400. The lowest BCUT2D eigenvalue weighted by molar-refractivity contribution is -0.115. The van der Waals surface area contributed by atoms with Gasteiger partial charge >= 0.3 is 0 Å². The molecule has 36 heavy (non-hydrogen) atoms. The van der Waals surface area contributed by atoms with Crippen molar-refractivity contribution in [3.63, 3.8) is 0 Å². The first-order valence-electron chi connectivity index (χ1n) is 11.7. The minimum Gasteiger partial charge on any atom is -0.302 e. The van der Waals surface area contributed by atoms with Gasteiger partial charge in [-0.3, -0.25) is 14.7 Å². The molecule has 0 radical (unpaired) electrons. The van der Waals surface area contributed by atoms with E-state index >= 15 is 0 Å². The van der Waals surface area contributed by atoms with Crippen LogP contribution >= 0.6 is 22.9 Å². The number of nitrogens with one attached hydrogen (secondary N) is 1. The van der Waals surface area contributed by atoms with E-state index in [0.717, 1.165) is 10.6 Å². The normalized spacial score (nSPS) is 16.8. The molecule has 0 aliphatic carbocycles. The summed E-state index contributed by atoms with van der Waals surface area (Å²) in [6.45, 7) is 8.27. The minimum absolute atomic E-state index is 0.0281. The Morgan fingerprint density at radius 1 is 1.28 bits per heavy atom. The van der Waals surface area contributed by atoms with Gasteiger partial charge in [0, 0.05) is 17.6 Å². The second-order valence-electron chi connectivity index (χ2n) is 9.16. The highest BCUT2D eigenvalue weighted by molar-refractivity contribution is 7.91. The summed E-state index contributed by atoms with van der Waals surface area (Å²) in [4.78, 5) is 25.1. The number of rotatable bonds is 8. The molecule has 3 heterocycles. The third kappa shape index (κ3) is 5.46. The first-order valence-corrected chi connectivity index (χ1v) is 14.5. The number of fused-ring (bicyclic) bond motifs is 1. The van der Waals surface area contributed by atoms with Gasteiger partial charge in [0.2, 0.25) is 5.91 Å². The van der Waals surface area contributed by atoms with Crippen molar-refractivity contribution in [3.05, 3.63) is 69.2 Å². The third-order valence-corrected chi connectivity index (χ3v) is 9.25. The van der Waals surface area contributed by atoms with E-state index in [2.05, 4.69) is 29.0 Å². The second-order valence-corrected chi connectivity index (χ2v) is 13.0. The van der Waals surface area contributed by atoms with Crippen LogP contribution in [0.4, 0.5) is 9.52 Å². The van der Waals surface area contributed by atoms with Gasteiger partial charge in [0.1, 0.15) is 5.82 Å². The first-order chi connectivity index (χ1) is 17.0. The number of hydrogen-bond donors (Lipinski definition) is 1. The molecule has 1 N–H and O–H groups in total. The number of hydrogen-bond acceptors (Lipinski definition) is 7. The van der Waals surface area contributed by atoms with E-state index < -0.39 is 15.7 Å². The number of benzene rings is 1. The molecule has 1 aliphatic rings. The summed E-state index contributed by atoms with van der Waals surface area (Å²) >= 11 is 7.29. The molecule has 0 unspecified atom stereocenters. The van der Waals surface area contributed by atoms with Crippen LogP contribution in [0.2, 0.25) is 5.02 Å². The number of carbonyl (C=O) groups excluding carboxylic acids is 1. The summed E-state index contributed by atoms with van der Waals surface area (Å²) in [7, 11) is -3.28. The van der Waals surface area contributed by atoms with Gasteiger partial charge in [-0.25, -0.2) is 17.8 Å². The fourth-order valence-electron chi connectivity index (χ4n) is 4.48. The van der Waals surface area contributed by atoms with Crippen LogP contribution in [0, 0.1) is 11.7 Å². The zero-order chi connectivity index (χ0) is 26.2. The Balaban J connectivity index is 1.46. The monoisotopic (exact) mass is 550 g/mol. The molecule has 2 aromatic heterocycles. The lowest BCUT2D eigenvalue weighted by Gasteiger charge is -2.32. The molecule has 2 atom stereocenters. The molecule has 7 nitrogen and oxygen atoms in total. The predicted molar refractivity (Wildman–Crippen MR) is 139 cm³/mol. The molecule has 1 aromatic carbocycles. The number of sulfone groups is 1. The molecule has 1 amide bonds. The summed E-state index contributed by atoms with van der Waals surface area (Å²) in [5.74, 6) is -0.436. The van der Waals surface area contributed by atoms with Gasteiger partial charge in [0.05, 0.1) is 45.6 Å². The van der Waals surface area contributed by atoms with Gasteiger partial charge in [-0.15, -0.1) is 11.3 Å². The molecule has 3 aromatic rings. The number of amides is 1. The molecule has 1 aliphatic heterocycles. The van der Waals surface area contributed by atoms with Crippen LogP contribution in [0.1, 0.15) is 61.6 Å². The van der Waals surface area contributed by atoms with Crippen molar-refractivity contribution in [3.8, 4) is 0 Å². The molecule has 0 fully saturated rings. The van der Waals surface area contributed by atoms with E-state index in [1.807, 2.05) is 6.92 Å². The van der Waals surface area contributed by atoms with Crippen LogP contribution in [0.3, 0.4) is 0 Å². The quantitative estimate of drug-likeness (QED) is 0.393. The van der Waals surface area contributed by atoms with Gasteiger partial charge in [-0.1, -0.05) is 44.5 Å². The number of halogens is 2. The number of carbonyl (C=O) groups is 1. The Morgan fingerprint density at radius 3 is 2.58 bits per heavy atom. The highest BCUT2D eigenvalue weighted by atomic mass is 35.5. The highest BCUT2D eigenvalue weighted by Gasteiger charge is 2.40. The maximum absolute atomic E-state index is 14.6. The summed E-state index contributed by atoms with van der Waals surface area (Å²) in [5.41, 5.74) is 1.94. The fourth-order valence-corrected chi connectivity index (χ4v) is 6.53. The van der Waals surface area contributed by atoms with E-state index in [0.29, 0.717) is 22.9 Å². The maximum atomic E-state index is 14.6. The molecular formula is C25H28ClFN4O3S2. The molecule has 192 valence electrons. The number of pyridine rings is 1. The van der Waals surface area contributed by atoms with E-state index in [4.69, 9.17) is 16.6 Å². The smallest absolute Gasteiger partial charge is 0.230 e. The number of aromatic nitrogens is 2. The molecule has 0 saturated carbocycles. The van der Waals surface area contributed by atoms with Gasteiger partial charge in [-0.2, -0.15) is 0 Å². The predicted octanol–water partition coefficient (Wildman–Crippen LogP) is 5.58. The topological polar surface area (TPSA) is 92.3 Å².